The predicted molar refractivity (Wildman–Crippen MR) is 215 cm³/mol. The summed E-state index contributed by atoms with van der Waals surface area (Å²) in [6, 6.07) is 40.2. The molecule has 8 bridgehead atoms. The summed E-state index contributed by atoms with van der Waals surface area (Å²) in [6.45, 7) is 8.82. The van der Waals surface area contributed by atoms with E-state index in [4.69, 9.17) is 0 Å². The highest BCUT2D eigenvalue weighted by molar-refractivity contribution is 5.39. The molecule has 5 aliphatic heterocycles. The van der Waals surface area contributed by atoms with E-state index in [1.807, 2.05) is 0 Å². The molecule has 3 saturated heterocycles. The average Bonchev–Trinajstić information content (AvgIpc) is 3.99. The van der Waals surface area contributed by atoms with Crippen molar-refractivity contribution in [2.75, 3.05) is 0 Å². The molecule has 268 valence electrons. The maximum atomic E-state index is 4.33. The third-order valence-electron chi connectivity index (χ3n) is 13.4. The number of rotatable bonds is 4. The molecule has 4 nitrogen and oxygen atoms in total. The molecule has 0 saturated carbocycles. The monoisotopic (exact) mass is 688 g/mol. The van der Waals surface area contributed by atoms with Gasteiger partial charge in [-0.05, 0) is 75.6 Å². The predicted octanol–water partition coefficient (Wildman–Crippen LogP) is 8.40. The number of benzene rings is 4. The van der Waals surface area contributed by atoms with Crippen LogP contribution in [0.5, 0.6) is 0 Å². The van der Waals surface area contributed by atoms with Gasteiger partial charge >= 0.3 is 0 Å². The molecule has 4 heteroatoms. The molecule has 52 heavy (non-hydrogen) atoms. The van der Waals surface area contributed by atoms with Crippen LogP contribution in [0.1, 0.15) is 93.9 Å². The molecule has 0 amide bonds. The second-order valence-corrected chi connectivity index (χ2v) is 16.9. The molecule has 0 aliphatic carbocycles. The highest BCUT2D eigenvalue weighted by Gasteiger charge is 2.47. The minimum Gasteiger partial charge on any atom is -0.310 e. The van der Waals surface area contributed by atoms with Gasteiger partial charge in [0.25, 0.3) is 0 Å². The molecule has 12 unspecified atom stereocenters. The van der Waals surface area contributed by atoms with Gasteiger partial charge in [-0.2, -0.15) is 0 Å². The molecule has 5 heterocycles. The van der Waals surface area contributed by atoms with Crippen LogP contribution >= 0.6 is 0 Å². The van der Waals surface area contributed by atoms with Gasteiger partial charge in [0.05, 0.1) is 0 Å². The molecule has 4 aromatic rings. The first kappa shape index (κ1) is 34.0. The summed E-state index contributed by atoms with van der Waals surface area (Å²) in [6.07, 6.45) is 14.8. The van der Waals surface area contributed by atoms with E-state index in [0.717, 1.165) is 0 Å². The van der Waals surface area contributed by atoms with Crippen molar-refractivity contribution in [1.29, 1.82) is 0 Å². The Balaban J connectivity index is 1.14. The van der Waals surface area contributed by atoms with Crippen LogP contribution in [0.4, 0.5) is 0 Å². The quantitative estimate of drug-likeness (QED) is 0.163. The van der Waals surface area contributed by atoms with E-state index in [0.29, 0.717) is 47.8 Å². The average molecular weight is 689 g/mol. The highest BCUT2D eigenvalue weighted by Crippen LogP contribution is 2.43. The molecule has 0 radical (unpaired) electrons. The van der Waals surface area contributed by atoms with Gasteiger partial charge in [0, 0.05) is 72.0 Å². The Morgan fingerprint density at radius 2 is 0.519 bits per heavy atom. The van der Waals surface area contributed by atoms with Gasteiger partial charge in [-0.1, -0.05) is 144 Å². The Morgan fingerprint density at radius 3 is 0.731 bits per heavy atom. The van der Waals surface area contributed by atoms with Crippen molar-refractivity contribution >= 4 is 0 Å². The van der Waals surface area contributed by atoms with Crippen molar-refractivity contribution in [3.8, 4) is 0 Å². The van der Waals surface area contributed by atoms with Crippen LogP contribution in [0.15, 0.2) is 121 Å². The first-order valence-corrected chi connectivity index (χ1v) is 20.0. The van der Waals surface area contributed by atoms with Crippen LogP contribution in [0.2, 0.25) is 0 Å². The Bertz CT molecular complexity index is 1620. The summed E-state index contributed by atoms with van der Waals surface area (Å²) in [5.74, 6) is 1.36. The van der Waals surface area contributed by atoms with Gasteiger partial charge in [0.1, 0.15) is 0 Å². The van der Waals surface area contributed by atoms with E-state index in [1.54, 1.807) is 0 Å². The molecule has 3 fully saturated rings. The second-order valence-electron chi connectivity index (χ2n) is 16.9. The molecular formula is C48H56N4. The van der Waals surface area contributed by atoms with Crippen LogP contribution in [0.25, 0.3) is 0 Å². The zero-order chi connectivity index (χ0) is 35.3. The van der Waals surface area contributed by atoms with E-state index in [9.17, 15) is 0 Å². The van der Waals surface area contributed by atoms with E-state index in [2.05, 4.69) is 170 Å². The minimum absolute atomic E-state index is 0.258. The number of aryl methyl sites for hydroxylation is 4. The topological polar surface area (TPSA) is 48.1 Å². The molecule has 12 atom stereocenters. The summed E-state index contributed by atoms with van der Waals surface area (Å²) in [5.41, 5.74) is 11.0. The van der Waals surface area contributed by atoms with Crippen LogP contribution in [-0.2, 0) is 0 Å². The lowest BCUT2D eigenvalue weighted by Crippen LogP contribution is -2.52. The lowest BCUT2D eigenvalue weighted by molar-refractivity contribution is 0.317. The van der Waals surface area contributed by atoms with Crippen LogP contribution in [0, 0.1) is 27.7 Å². The Labute approximate surface area is 311 Å². The van der Waals surface area contributed by atoms with E-state index in [-0.39, 0.29) is 24.2 Å². The second kappa shape index (κ2) is 14.2. The van der Waals surface area contributed by atoms with Crippen molar-refractivity contribution in [2.45, 2.75) is 125 Å². The van der Waals surface area contributed by atoms with E-state index < -0.39 is 0 Å². The Kier molecular flexibility index (Phi) is 9.29. The summed E-state index contributed by atoms with van der Waals surface area (Å²) in [4.78, 5) is 0. The normalized spacial score (nSPS) is 35.3. The molecule has 0 aromatic heterocycles. The zero-order valence-corrected chi connectivity index (χ0v) is 31.3. The SMILES string of the molecule is Cc1ccc(C2C3C=CC(N3)C(c3ccc(C)cc3)C3CCC(N3)C(c3ccc(C)cc3)C3C=CC(N3)C(c3ccc(C)cc3)C3CCC2N3)cc1. The highest BCUT2D eigenvalue weighted by atomic mass is 15.1. The summed E-state index contributed by atoms with van der Waals surface area (Å²) in [5, 5.41) is 17.2. The van der Waals surface area contributed by atoms with E-state index in [1.165, 1.54) is 70.2 Å². The molecule has 9 rings (SSSR count). The summed E-state index contributed by atoms with van der Waals surface area (Å²) < 4.78 is 0. The van der Waals surface area contributed by atoms with Gasteiger partial charge in [0.15, 0.2) is 0 Å². The van der Waals surface area contributed by atoms with Gasteiger partial charge in [-0.15, -0.1) is 0 Å². The van der Waals surface area contributed by atoms with Gasteiger partial charge in [-0.3, -0.25) is 0 Å². The number of hydrogen-bond acceptors (Lipinski definition) is 4. The third kappa shape index (κ3) is 6.53. The Morgan fingerprint density at radius 1 is 0.308 bits per heavy atom. The fourth-order valence-electron chi connectivity index (χ4n) is 10.7. The number of fused-ring (bicyclic) bond motifs is 8. The molecule has 4 aromatic carbocycles. The molecule has 5 aliphatic rings. The third-order valence-corrected chi connectivity index (χ3v) is 13.4. The van der Waals surface area contributed by atoms with Crippen molar-refractivity contribution < 1.29 is 0 Å². The van der Waals surface area contributed by atoms with Crippen LogP contribution in [-0.4, -0.2) is 48.3 Å². The maximum absolute atomic E-state index is 4.33. The fraction of sp³-hybridized carbons (Fsp3) is 0.417. The number of nitrogens with one attached hydrogen (secondary N) is 4. The first-order valence-electron chi connectivity index (χ1n) is 20.0. The summed E-state index contributed by atoms with van der Waals surface area (Å²) in [7, 11) is 0. The van der Waals surface area contributed by atoms with Crippen molar-refractivity contribution in [3.05, 3.63) is 166 Å². The molecule has 4 N–H and O–H groups in total. The van der Waals surface area contributed by atoms with Gasteiger partial charge in [-0.25, -0.2) is 0 Å². The standard InChI is InChI=1S/C48H56N4/c1-29-5-13-33(14-6-29)45-37-21-23-39(49-37)46(34-15-7-30(2)8-16-34)41-25-27-43(51-41)48(36-19-11-32(4)12-20-36)44-28-26-42(52-44)47(40-24-22-38(45)50-40)35-17-9-31(3)10-18-35/h5-21,23,26,28,37-52H,22,24-25,27H2,1-4H3. The first-order chi connectivity index (χ1) is 25.4. The van der Waals surface area contributed by atoms with Crippen LogP contribution in [0.3, 0.4) is 0 Å². The maximum Gasteiger partial charge on any atom is 0.0340 e. The van der Waals surface area contributed by atoms with Crippen molar-refractivity contribution in [3.63, 3.8) is 0 Å². The Hall–Kier alpha value is -3.80. The number of hydrogen-bond donors (Lipinski definition) is 4. The van der Waals surface area contributed by atoms with Crippen molar-refractivity contribution in [1.82, 2.24) is 21.3 Å². The largest absolute Gasteiger partial charge is 0.310 e. The fourth-order valence-corrected chi connectivity index (χ4v) is 10.7. The summed E-state index contributed by atoms with van der Waals surface area (Å²) >= 11 is 0. The zero-order valence-electron chi connectivity index (χ0n) is 31.3. The smallest absolute Gasteiger partial charge is 0.0340 e. The molecular weight excluding hydrogens is 633 g/mol. The molecule has 0 spiro atoms. The lowest BCUT2D eigenvalue weighted by atomic mass is 9.83. The van der Waals surface area contributed by atoms with Crippen molar-refractivity contribution in [2.24, 2.45) is 0 Å². The minimum atomic E-state index is 0.258. The van der Waals surface area contributed by atoms with Gasteiger partial charge in [0.2, 0.25) is 0 Å². The van der Waals surface area contributed by atoms with E-state index >= 15 is 0 Å². The van der Waals surface area contributed by atoms with Gasteiger partial charge < -0.3 is 21.3 Å². The lowest BCUT2D eigenvalue weighted by Gasteiger charge is -2.38. The van der Waals surface area contributed by atoms with Crippen LogP contribution < -0.4 is 21.3 Å².